The molecule has 5 nitrogen and oxygen atoms in total. The van der Waals surface area contributed by atoms with Crippen LogP contribution in [0.25, 0.3) is 0 Å². The Morgan fingerprint density at radius 2 is 1.81 bits per heavy atom. The van der Waals surface area contributed by atoms with Gasteiger partial charge in [-0.15, -0.1) is 0 Å². The Morgan fingerprint density at radius 3 is 2.31 bits per heavy atom. The largest absolute Gasteiger partial charge is 0.481 e. The zero-order valence-corrected chi connectivity index (χ0v) is 9.13. The maximum Gasteiger partial charge on any atom is 0.306 e. The van der Waals surface area contributed by atoms with E-state index < -0.39 is 12.1 Å². The number of carbonyl (C=O) groups is 2. The van der Waals surface area contributed by atoms with E-state index in [0.717, 1.165) is 0 Å². The van der Waals surface area contributed by atoms with Crippen LogP contribution < -0.4 is 0 Å². The maximum atomic E-state index is 12.0. The quantitative estimate of drug-likeness (QED) is 0.700. The van der Waals surface area contributed by atoms with Crippen molar-refractivity contribution >= 4 is 11.9 Å². The van der Waals surface area contributed by atoms with Crippen LogP contribution in [0, 0.1) is 11.8 Å². The average Bonchev–Trinajstić information content (AvgIpc) is 2.84. The number of likely N-dealkylation sites (tertiary alicyclic amines) is 1. The second kappa shape index (κ2) is 4.41. The average molecular weight is 227 g/mol. The van der Waals surface area contributed by atoms with Gasteiger partial charge in [0.25, 0.3) is 0 Å². The third-order valence-electron chi connectivity index (χ3n) is 3.61. The highest BCUT2D eigenvalue weighted by Crippen LogP contribution is 2.33. The Balaban J connectivity index is 1.89. The van der Waals surface area contributed by atoms with E-state index in [1.807, 2.05) is 0 Å². The fraction of sp³-hybridized carbons (Fsp3) is 0.818. The van der Waals surface area contributed by atoms with Crippen LogP contribution in [0.2, 0.25) is 0 Å². The zero-order valence-electron chi connectivity index (χ0n) is 9.13. The molecule has 1 saturated carbocycles. The number of aliphatic carboxylic acids is 1. The summed E-state index contributed by atoms with van der Waals surface area (Å²) in [6, 6.07) is 0. The molecule has 0 aromatic heterocycles. The van der Waals surface area contributed by atoms with Crippen molar-refractivity contribution in [2.45, 2.75) is 31.8 Å². The molecule has 1 amide bonds. The number of hydrogen-bond acceptors (Lipinski definition) is 3. The first kappa shape index (κ1) is 11.4. The highest BCUT2D eigenvalue weighted by molar-refractivity contribution is 5.81. The Hall–Kier alpha value is -1.10. The molecule has 1 aliphatic heterocycles. The van der Waals surface area contributed by atoms with E-state index in [1.165, 1.54) is 0 Å². The summed E-state index contributed by atoms with van der Waals surface area (Å²) < 4.78 is 0. The van der Waals surface area contributed by atoms with Gasteiger partial charge in [-0.25, -0.2) is 0 Å². The zero-order chi connectivity index (χ0) is 11.7. The Kier molecular flexibility index (Phi) is 3.14. The van der Waals surface area contributed by atoms with Crippen molar-refractivity contribution in [1.82, 2.24) is 4.90 Å². The second-order valence-corrected chi connectivity index (χ2v) is 4.77. The van der Waals surface area contributed by atoms with Gasteiger partial charge in [-0.2, -0.15) is 0 Å². The summed E-state index contributed by atoms with van der Waals surface area (Å²) in [5, 5.41) is 18.2. The van der Waals surface area contributed by atoms with E-state index in [1.54, 1.807) is 4.90 Å². The molecule has 3 atom stereocenters. The third-order valence-corrected chi connectivity index (χ3v) is 3.61. The molecule has 16 heavy (non-hydrogen) atoms. The van der Waals surface area contributed by atoms with Crippen LogP contribution in [-0.2, 0) is 9.59 Å². The van der Waals surface area contributed by atoms with Gasteiger partial charge in [-0.1, -0.05) is 0 Å². The summed E-state index contributed by atoms with van der Waals surface area (Å²) in [7, 11) is 0. The predicted molar refractivity (Wildman–Crippen MR) is 55.7 cm³/mol. The normalized spacial score (nSPS) is 34.3. The van der Waals surface area contributed by atoms with E-state index in [-0.39, 0.29) is 17.7 Å². The van der Waals surface area contributed by atoms with Gasteiger partial charge in [-0.05, 0) is 25.7 Å². The summed E-state index contributed by atoms with van der Waals surface area (Å²) in [6.45, 7) is 1.02. The fourth-order valence-corrected chi connectivity index (χ4v) is 2.63. The van der Waals surface area contributed by atoms with Gasteiger partial charge in [0.1, 0.15) is 0 Å². The van der Waals surface area contributed by atoms with Gasteiger partial charge in [0.05, 0.1) is 12.0 Å². The van der Waals surface area contributed by atoms with E-state index in [9.17, 15) is 14.7 Å². The highest BCUT2D eigenvalue weighted by Gasteiger charge is 2.37. The molecular formula is C11H17NO4. The Morgan fingerprint density at radius 1 is 1.12 bits per heavy atom. The molecule has 2 aliphatic rings. The monoisotopic (exact) mass is 227 g/mol. The van der Waals surface area contributed by atoms with Crippen molar-refractivity contribution in [2.24, 2.45) is 11.8 Å². The van der Waals surface area contributed by atoms with Gasteiger partial charge >= 0.3 is 5.97 Å². The van der Waals surface area contributed by atoms with Crippen LogP contribution in [0.5, 0.6) is 0 Å². The summed E-state index contributed by atoms with van der Waals surface area (Å²) in [5.41, 5.74) is 0. The lowest BCUT2D eigenvalue weighted by Crippen LogP contribution is -2.34. The van der Waals surface area contributed by atoms with E-state index in [2.05, 4.69) is 0 Å². The molecule has 2 rings (SSSR count). The maximum absolute atomic E-state index is 12.0. The molecule has 0 spiro atoms. The molecule has 0 radical (unpaired) electrons. The minimum absolute atomic E-state index is 0.0281. The van der Waals surface area contributed by atoms with E-state index >= 15 is 0 Å². The van der Waals surface area contributed by atoms with Gasteiger partial charge in [0, 0.05) is 19.0 Å². The summed E-state index contributed by atoms with van der Waals surface area (Å²) in [4.78, 5) is 24.4. The molecule has 2 N–H and O–H groups in total. The van der Waals surface area contributed by atoms with Crippen molar-refractivity contribution in [3.8, 4) is 0 Å². The van der Waals surface area contributed by atoms with Crippen LogP contribution in [0.4, 0.5) is 0 Å². The lowest BCUT2D eigenvalue weighted by atomic mass is 10.0. The number of rotatable bonds is 2. The first-order chi connectivity index (χ1) is 7.58. The van der Waals surface area contributed by atoms with Gasteiger partial charge in [0.2, 0.25) is 5.91 Å². The second-order valence-electron chi connectivity index (χ2n) is 4.77. The summed E-state index contributed by atoms with van der Waals surface area (Å²) >= 11 is 0. The van der Waals surface area contributed by atoms with E-state index in [4.69, 9.17) is 5.11 Å². The molecule has 90 valence electrons. The van der Waals surface area contributed by atoms with Crippen molar-refractivity contribution in [3.63, 3.8) is 0 Å². The van der Waals surface area contributed by atoms with Gasteiger partial charge in [-0.3, -0.25) is 9.59 Å². The minimum Gasteiger partial charge on any atom is -0.481 e. The molecule has 0 bridgehead atoms. The van der Waals surface area contributed by atoms with Crippen LogP contribution in [-0.4, -0.2) is 46.2 Å². The molecular weight excluding hydrogens is 210 g/mol. The standard InChI is InChI=1S/C11H17NO4/c13-9-3-4-12(6-9)10(14)7-1-2-8(5-7)11(15)16/h7-9,13H,1-6H2,(H,15,16)/t7?,8?,9-/m1/s1. The predicted octanol–water partition coefficient (Wildman–Crippen LogP) is 0.0805. The highest BCUT2D eigenvalue weighted by atomic mass is 16.4. The van der Waals surface area contributed by atoms with Crippen LogP contribution in [0.1, 0.15) is 25.7 Å². The lowest BCUT2D eigenvalue weighted by Gasteiger charge is -2.19. The van der Waals surface area contributed by atoms with Crippen molar-refractivity contribution in [1.29, 1.82) is 0 Å². The SMILES string of the molecule is O=C(O)C1CCC(C(=O)N2CC[C@@H](O)C2)C1. The van der Waals surface area contributed by atoms with Gasteiger partial charge < -0.3 is 15.1 Å². The Labute approximate surface area is 94.0 Å². The number of carboxylic acids is 1. The molecule has 0 aromatic carbocycles. The molecule has 0 aromatic rings. The number of carbonyl (C=O) groups excluding carboxylic acids is 1. The van der Waals surface area contributed by atoms with Gasteiger partial charge in [0.15, 0.2) is 0 Å². The number of amides is 1. The van der Waals surface area contributed by atoms with Crippen LogP contribution >= 0.6 is 0 Å². The van der Waals surface area contributed by atoms with E-state index in [0.29, 0.717) is 38.8 Å². The topological polar surface area (TPSA) is 77.8 Å². The molecule has 2 fully saturated rings. The minimum atomic E-state index is -0.795. The number of aliphatic hydroxyl groups is 1. The number of carboxylic acid groups (broad SMARTS) is 1. The molecule has 1 heterocycles. The van der Waals surface area contributed by atoms with Crippen LogP contribution in [0.3, 0.4) is 0 Å². The third kappa shape index (κ3) is 2.19. The summed E-state index contributed by atoms with van der Waals surface area (Å²) in [6.07, 6.45) is 1.96. The number of aliphatic hydroxyl groups excluding tert-OH is 1. The Bertz CT molecular complexity index is 304. The molecule has 1 saturated heterocycles. The molecule has 1 aliphatic carbocycles. The number of β-amino-alcohol motifs (C(OH)–C–C–N with tert-alkyl or cyclic N) is 1. The first-order valence-electron chi connectivity index (χ1n) is 5.77. The van der Waals surface area contributed by atoms with Crippen molar-refractivity contribution in [2.75, 3.05) is 13.1 Å². The van der Waals surface area contributed by atoms with Crippen LogP contribution in [0.15, 0.2) is 0 Å². The first-order valence-corrected chi connectivity index (χ1v) is 5.77. The number of hydrogen-bond donors (Lipinski definition) is 2. The molecule has 2 unspecified atom stereocenters. The lowest BCUT2D eigenvalue weighted by molar-refractivity contribution is -0.141. The molecule has 5 heteroatoms. The number of nitrogens with zero attached hydrogens (tertiary/aromatic N) is 1. The van der Waals surface area contributed by atoms with Crippen molar-refractivity contribution in [3.05, 3.63) is 0 Å². The van der Waals surface area contributed by atoms with Crippen molar-refractivity contribution < 1.29 is 19.8 Å². The summed E-state index contributed by atoms with van der Waals surface area (Å²) in [5.74, 6) is -1.27. The fourth-order valence-electron chi connectivity index (χ4n) is 2.63. The smallest absolute Gasteiger partial charge is 0.306 e.